The van der Waals surface area contributed by atoms with Crippen molar-refractivity contribution in [3.63, 3.8) is 0 Å². The highest BCUT2D eigenvalue weighted by Gasteiger charge is 2.19. The maximum atomic E-state index is 12.0. The molecule has 1 saturated heterocycles. The lowest BCUT2D eigenvalue weighted by atomic mass is 10.00. The lowest BCUT2D eigenvalue weighted by Gasteiger charge is -2.30. The van der Waals surface area contributed by atoms with Gasteiger partial charge >= 0.3 is 6.03 Å². The highest BCUT2D eigenvalue weighted by atomic mass is 35.5. The molecule has 1 aliphatic rings. The Hall–Kier alpha value is -1.20. The second-order valence-corrected chi connectivity index (χ2v) is 6.16. The molecule has 1 fully saturated rings. The number of rotatable bonds is 4. The van der Waals surface area contributed by atoms with Crippen LogP contribution in [-0.4, -0.2) is 42.1 Å². The summed E-state index contributed by atoms with van der Waals surface area (Å²) in [4.78, 5) is 17.9. The summed E-state index contributed by atoms with van der Waals surface area (Å²) in [7, 11) is 0. The number of carbonyl (C=O) groups is 1. The molecule has 0 saturated carbocycles. The summed E-state index contributed by atoms with van der Waals surface area (Å²) in [5, 5.41) is 6.94. The van der Waals surface area contributed by atoms with Crippen molar-refractivity contribution in [1.82, 2.24) is 15.2 Å². The van der Waals surface area contributed by atoms with E-state index in [0.29, 0.717) is 34.9 Å². The molecule has 1 aromatic heterocycles. The van der Waals surface area contributed by atoms with E-state index in [9.17, 15) is 4.79 Å². The molecule has 0 aromatic carbocycles. The van der Waals surface area contributed by atoms with Gasteiger partial charge in [0.25, 0.3) is 0 Å². The maximum absolute atomic E-state index is 12.0. The zero-order chi connectivity index (χ0) is 15.2. The van der Waals surface area contributed by atoms with Crippen molar-refractivity contribution in [3.05, 3.63) is 22.3 Å². The van der Waals surface area contributed by atoms with E-state index >= 15 is 0 Å². The van der Waals surface area contributed by atoms with E-state index in [-0.39, 0.29) is 6.03 Å². The predicted octanol–water partition coefficient (Wildman–Crippen LogP) is 3.24. The summed E-state index contributed by atoms with van der Waals surface area (Å²) in [5.41, 5.74) is 0. The first-order chi connectivity index (χ1) is 10.1. The highest BCUT2D eigenvalue weighted by molar-refractivity contribution is 6.35. The molecular formula is C14H20Cl2N4O. The van der Waals surface area contributed by atoms with Crippen molar-refractivity contribution in [3.8, 4) is 0 Å². The van der Waals surface area contributed by atoms with Crippen molar-refractivity contribution in [2.75, 3.05) is 31.5 Å². The second kappa shape index (κ2) is 7.71. The molecule has 0 aliphatic carbocycles. The van der Waals surface area contributed by atoms with Gasteiger partial charge in [-0.15, -0.1) is 0 Å². The van der Waals surface area contributed by atoms with Gasteiger partial charge in [-0.3, -0.25) is 0 Å². The van der Waals surface area contributed by atoms with Crippen LogP contribution >= 0.6 is 23.2 Å². The van der Waals surface area contributed by atoms with E-state index in [0.717, 1.165) is 25.9 Å². The monoisotopic (exact) mass is 330 g/mol. The fourth-order valence-electron chi connectivity index (χ4n) is 2.22. The number of hydrogen-bond donors (Lipinski definition) is 2. The van der Waals surface area contributed by atoms with E-state index in [1.165, 1.54) is 6.20 Å². The Morgan fingerprint density at radius 1 is 1.38 bits per heavy atom. The van der Waals surface area contributed by atoms with Crippen LogP contribution < -0.4 is 10.6 Å². The van der Waals surface area contributed by atoms with Crippen molar-refractivity contribution < 1.29 is 4.79 Å². The predicted molar refractivity (Wildman–Crippen MR) is 86.1 cm³/mol. The average Bonchev–Trinajstić information content (AvgIpc) is 2.46. The summed E-state index contributed by atoms with van der Waals surface area (Å²) in [6, 6.07) is 1.63. The number of nitrogens with one attached hydrogen (secondary N) is 2. The van der Waals surface area contributed by atoms with Gasteiger partial charge in [0.2, 0.25) is 0 Å². The van der Waals surface area contributed by atoms with Crippen molar-refractivity contribution in [2.45, 2.75) is 19.8 Å². The molecule has 2 amide bonds. The minimum absolute atomic E-state index is 0.00105. The third-order valence-corrected chi connectivity index (χ3v) is 4.07. The summed E-state index contributed by atoms with van der Waals surface area (Å²) in [6.07, 6.45) is 3.69. The first kappa shape index (κ1) is 16.2. The van der Waals surface area contributed by atoms with Gasteiger partial charge in [-0.05, 0) is 24.8 Å². The van der Waals surface area contributed by atoms with Crippen LogP contribution in [0, 0.1) is 5.92 Å². The Labute approximate surface area is 135 Å². The van der Waals surface area contributed by atoms with E-state index in [4.69, 9.17) is 23.2 Å². The van der Waals surface area contributed by atoms with Crippen LogP contribution in [0.25, 0.3) is 0 Å². The lowest BCUT2D eigenvalue weighted by Crippen LogP contribution is -2.45. The molecule has 2 rings (SSSR count). The number of amides is 2. The summed E-state index contributed by atoms with van der Waals surface area (Å²) in [6.45, 7) is 4.98. The molecule has 21 heavy (non-hydrogen) atoms. The van der Waals surface area contributed by atoms with Gasteiger partial charge in [-0.25, -0.2) is 9.78 Å². The normalized spacial score (nSPS) is 15.9. The zero-order valence-corrected chi connectivity index (χ0v) is 13.5. The maximum Gasteiger partial charge on any atom is 0.317 e. The summed E-state index contributed by atoms with van der Waals surface area (Å²) in [5.74, 6) is 1.29. The fourth-order valence-corrected chi connectivity index (χ4v) is 2.67. The molecule has 1 aromatic rings. The van der Waals surface area contributed by atoms with Crippen LogP contribution in [0.3, 0.4) is 0 Å². The topological polar surface area (TPSA) is 57.3 Å². The van der Waals surface area contributed by atoms with Crippen LogP contribution in [0.15, 0.2) is 12.3 Å². The Bertz CT molecular complexity index is 490. The Balaban J connectivity index is 1.68. The zero-order valence-electron chi connectivity index (χ0n) is 12.0. The first-order valence-electron chi connectivity index (χ1n) is 7.14. The lowest BCUT2D eigenvalue weighted by molar-refractivity contribution is 0.174. The van der Waals surface area contributed by atoms with Gasteiger partial charge in [-0.1, -0.05) is 30.1 Å². The Morgan fingerprint density at radius 3 is 2.76 bits per heavy atom. The first-order valence-corrected chi connectivity index (χ1v) is 7.89. The molecule has 116 valence electrons. The minimum atomic E-state index is -0.00105. The van der Waals surface area contributed by atoms with E-state index in [2.05, 4.69) is 22.5 Å². The van der Waals surface area contributed by atoms with E-state index in [1.54, 1.807) is 6.07 Å². The molecule has 2 heterocycles. The molecule has 0 atom stereocenters. The summed E-state index contributed by atoms with van der Waals surface area (Å²) < 4.78 is 0. The molecule has 1 aliphatic heterocycles. The molecule has 2 N–H and O–H groups in total. The van der Waals surface area contributed by atoms with Crippen molar-refractivity contribution >= 4 is 35.1 Å². The van der Waals surface area contributed by atoms with Crippen molar-refractivity contribution in [2.24, 2.45) is 5.92 Å². The van der Waals surface area contributed by atoms with Crippen LogP contribution in [0.5, 0.6) is 0 Å². The smallest absolute Gasteiger partial charge is 0.317 e. The van der Waals surface area contributed by atoms with Gasteiger partial charge in [-0.2, -0.15) is 0 Å². The number of nitrogens with zero attached hydrogens (tertiary/aromatic N) is 2. The highest BCUT2D eigenvalue weighted by Crippen LogP contribution is 2.22. The summed E-state index contributed by atoms with van der Waals surface area (Å²) >= 11 is 11.8. The number of likely N-dealkylation sites (tertiary alicyclic amines) is 1. The standard InChI is InChI=1S/C14H20Cl2N4O/c1-10-2-6-20(7-3-10)14(21)18-5-4-17-13-12(16)8-11(15)9-19-13/h8-10H,2-7H2,1H3,(H,17,19)(H,18,21). The van der Waals surface area contributed by atoms with Crippen LogP contribution in [0.2, 0.25) is 10.0 Å². The molecule has 0 radical (unpaired) electrons. The van der Waals surface area contributed by atoms with Crippen LogP contribution in [0.4, 0.5) is 10.6 Å². The van der Waals surface area contributed by atoms with Gasteiger partial charge in [0.1, 0.15) is 5.82 Å². The molecule has 0 bridgehead atoms. The molecule has 5 nitrogen and oxygen atoms in total. The Kier molecular flexibility index (Phi) is 5.94. The number of urea groups is 1. The van der Waals surface area contributed by atoms with Crippen LogP contribution in [0.1, 0.15) is 19.8 Å². The second-order valence-electron chi connectivity index (χ2n) is 5.31. The van der Waals surface area contributed by atoms with Gasteiger partial charge in [0.15, 0.2) is 0 Å². The third kappa shape index (κ3) is 4.93. The van der Waals surface area contributed by atoms with Crippen LogP contribution in [-0.2, 0) is 0 Å². The number of hydrogen-bond acceptors (Lipinski definition) is 3. The largest absolute Gasteiger partial charge is 0.367 e. The van der Waals surface area contributed by atoms with E-state index < -0.39 is 0 Å². The minimum Gasteiger partial charge on any atom is -0.367 e. The average molecular weight is 331 g/mol. The number of anilines is 1. The fraction of sp³-hybridized carbons (Fsp3) is 0.571. The SMILES string of the molecule is CC1CCN(C(=O)NCCNc2ncc(Cl)cc2Cl)CC1. The van der Waals surface area contributed by atoms with Gasteiger partial charge < -0.3 is 15.5 Å². The number of aromatic nitrogens is 1. The quantitative estimate of drug-likeness (QED) is 0.833. The van der Waals surface area contributed by atoms with Gasteiger partial charge in [0.05, 0.1) is 10.0 Å². The molecule has 0 spiro atoms. The third-order valence-electron chi connectivity index (χ3n) is 3.57. The number of halogens is 2. The molecular weight excluding hydrogens is 311 g/mol. The van der Waals surface area contributed by atoms with Gasteiger partial charge in [0, 0.05) is 32.4 Å². The van der Waals surface area contributed by atoms with Crippen molar-refractivity contribution in [1.29, 1.82) is 0 Å². The number of pyridine rings is 1. The molecule has 7 heteroatoms. The number of piperidine rings is 1. The molecule has 0 unspecified atom stereocenters. The Morgan fingerprint density at radius 2 is 2.10 bits per heavy atom. The van der Waals surface area contributed by atoms with E-state index in [1.807, 2.05) is 4.90 Å². The number of carbonyl (C=O) groups excluding carboxylic acids is 1.